The van der Waals surface area contributed by atoms with Gasteiger partial charge < -0.3 is 4.90 Å². The van der Waals surface area contributed by atoms with Crippen LogP contribution in [0, 0.1) is 19.8 Å². The van der Waals surface area contributed by atoms with Crippen LogP contribution in [-0.2, 0) is 34.1 Å². The highest BCUT2D eigenvalue weighted by atomic mass is 32.2. The van der Waals surface area contributed by atoms with Crippen molar-refractivity contribution in [2.45, 2.75) is 51.9 Å². The van der Waals surface area contributed by atoms with Crippen molar-refractivity contribution in [1.29, 1.82) is 0 Å². The molecule has 2 aromatic rings. The molecule has 178 valence electrons. The van der Waals surface area contributed by atoms with E-state index in [4.69, 9.17) is 0 Å². The van der Waals surface area contributed by atoms with Gasteiger partial charge in [-0.3, -0.25) is 14.2 Å². The van der Waals surface area contributed by atoms with Crippen molar-refractivity contribution in [3.05, 3.63) is 29.3 Å². The lowest BCUT2D eigenvalue weighted by Gasteiger charge is -2.35. The first kappa shape index (κ1) is 24.2. The van der Waals surface area contributed by atoms with Gasteiger partial charge in [-0.15, -0.1) is 0 Å². The third-order valence-electron chi connectivity index (χ3n) is 5.53. The lowest BCUT2D eigenvalue weighted by atomic mass is 10.1. The Balaban J connectivity index is 1.63. The minimum Gasteiger partial charge on any atom is -0.340 e. The number of carbonyl (C=O) groups is 1. The molecule has 2 aromatic heterocycles. The molecule has 1 fully saturated rings. The molecule has 32 heavy (non-hydrogen) atoms. The molecule has 0 spiro atoms. The molecule has 1 aliphatic heterocycles. The van der Waals surface area contributed by atoms with Crippen molar-refractivity contribution >= 4 is 15.9 Å². The van der Waals surface area contributed by atoms with E-state index in [-0.39, 0.29) is 43.5 Å². The highest BCUT2D eigenvalue weighted by molar-refractivity contribution is 7.89. The zero-order chi connectivity index (χ0) is 23.8. The molecule has 9 nitrogen and oxygen atoms in total. The number of carbonyl (C=O) groups excluding carboxylic acids is 1. The molecule has 0 aliphatic carbocycles. The minimum atomic E-state index is -4.54. The third kappa shape index (κ3) is 4.82. The van der Waals surface area contributed by atoms with Crippen LogP contribution in [0.15, 0.2) is 17.2 Å². The van der Waals surface area contributed by atoms with Gasteiger partial charge in [-0.1, -0.05) is 6.92 Å². The number of sulfonamides is 1. The summed E-state index contributed by atoms with van der Waals surface area (Å²) in [6, 6.07) is 0.948. The first-order valence-electron chi connectivity index (χ1n) is 10.3. The second-order valence-electron chi connectivity index (χ2n) is 7.92. The molecule has 3 rings (SSSR count). The molecule has 13 heteroatoms. The molecule has 0 aromatic carbocycles. The Morgan fingerprint density at radius 1 is 1.16 bits per heavy atom. The van der Waals surface area contributed by atoms with E-state index >= 15 is 0 Å². The van der Waals surface area contributed by atoms with Crippen LogP contribution in [0.2, 0.25) is 0 Å². The Labute approximate surface area is 184 Å². The average Bonchev–Trinajstić information content (AvgIpc) is 3.30. The molecule has 0 N–H and O–H groups in total. The number of nitrogens with zero attached hydrogens (tertiary/aromatic N) is 6. The van der Waals surface area contributed by atoms with Crippen LogP contribution in [0.4, 0.5) is 13.2 Å². The Bertz CT molecular complexity index is 1080. The third-order valence-corrected chi connectivity index (χ3v) is 7.54. The van der Waals surface area contributed by atoms with Gasteiger partial charge in [-0.05, 0) is 26.8 Å². The summed E-state index contributed by atoms with van der Waals surface area (Å²) in [5.41, 5.74) is -0.252. The largest absolute Gasteiger partial charge is 0.435 e. The number of piperazine rings is 1. The van der Waals surface area contributed by atoms with Gasteiger partial charge in [-0.2, -0.15) is 27.7 Å². The van der Waals surface area contributed by atoms with Gasteiger partial charge in [0.2, 0.25) is 15.9 Å². The smallest absolute Gasteiger partial charge is 0.340 e. The van der Waals surface area contributed by atoms with Crippen LogP contribution >= 0.6 is 0 Å². The zero-order valence-electron chi connectivity index (χ0n) is 18.4. The average molecular weight is 477 g/mol. The van der Waals surface area contributed by atoms with Crippen LogP contribution in [0.3, 0.4) is 0 Å². The van der Waals surface area contributed by atoms with Crippen LogP contribution in [0.1, 0.15) is 30.9 Å². The molecule has 1 saturated heterocycles. The van der Waals surface area contributed by atoms with Gasteiger partial charge in [0.1, 0.15) is 4.90 Å². The van der Waals surface area contributed by atoms with Gasteiger partial charge in [0.05, 0.1) is 18.2 Å². The first-order chi connectivity index (χ1) is 14.8. The summed E-state index contributed by atoms with van der Waals surface area (Å²) in [6.45, 7) is 7.88. The van der Waals surface area contributed by atoms with Gasteiger partial charge in [0, 0.05) is 44.6 Å². The maximum absolute atomic E-state index is 13.0. The van der Waals surface area contributed by atoms with Crippen molar-refractivity contribution in [3.8, 4) is 0 Å². The first-order valence-corrected chi connectivity index (χ1v) is 11.7. The van der Waals surface area contributed by atoms with Crippen molar-refractivity contribution in [2.24, 2.45) is 5.92 Å². The van der Waals surface area contributed by atoms with Gasteiger partial charge in [0.15, 0.2) is 5.69 Å². The van der Waals surface area contributed by atoms with E-state index < -0.39 is 27.8 Å². The summed E-state index contributed by atoms with van der Waals surface area (Å²) in [4.78, 5) is 14.5. The van der Waals surface area contributed by atoms with Crippen molar-refractivity contribution in [1.82, 2.24) is 28.8 Å². The lowest BCUT2D eigenvalue weighted by Crippen LogP contribution is -2.52. The van der Waals surface area contributed by atoms with E-state index in [9.17, 15) is 26.4 Å². The van der Waals surface area contributed by atoms with E-state index in [2.05, 4.69) is 10.2 Å². The fraction of sp³-hybridized carbons (Fsp3) is 0.632. The monoisotopic (exact) mass is 476 g/mol. The summed E-state index contributed by atoms with van der Waals surface area (Å²) in [5.74, 6) is -0.858. The minimum absolute atomic E-state index is 0.00859. The number of rotatable bonds is 6. The second kappa shape index (κ2) is 8.85. The molecule has 1 atom stereocenters. The second-order valence-corrected chi connectivity index (χ2v) is 9.82. The van der Waals surface area contributed by atoms with Crippen molar-refractivity contribution in [3.63, 3.8) is 0 Å². The number of alkyl halides is 3. The number of hydrogen-bond donors (Lipinski definition) is 0. The summed E-state index contributed by atoms with van der Waals surface area (Å²) in [5, 5.41) is 7.76. The van der Waals surface area contributed by atoms with E-state index in [1.165, 1.54) is 22.1 Å². The molecule has 0 saturated carbocycles. The lowest BCUT2D eigenvalue weighted by molar-refractivity contribution is -0.141. The summed E-state index contributed by atoms with van der Waals surface area (Å²) in [7, 11) is -3.73. The summed E-state index contributed by atoms with van der Waals surface area (Å²) >= 11 is 0. The van der Waals surface area contributed by atoms with Crippen molar-refractivity contribution < 1.29 is 26.4 Å². The maximum Gasteiger partial charge on any atom is 0.435 e. The van der Waals surface area contributed by atoms with E-state index in [0.717, 1.165) is 6.07 Å². The van der Waals surface area contributed by atoms with Crippen LogP contribution < -0.4 is 0 Å². The molecular formula is C19H27F3N6O3S. The molecule has 1 amide bonds. The zero-order valence-corrected chi connectivity index (χ0v) is 19.2. The predicted octanol–water partition coefficient (Wildman–Crippen LogP) is 1.90. The van der Waals surface area contributed by atoms with Crippen LogP contribution in [0.25, 0.3) is 0 Å². The number of amides is 1. The van der Waals surface area contributed by atoms with Gasteiger partial charge >= 0.3 is 6.18 Å². The highest BCUT2D eigenvalue weighted by Crippen LogP contribution is 2.28. The Morgan fingerprint density at radius 3 is 2.28 bits per heavy atom. The predicted molar refractivity (Wildman–Crippen MR) is 109 cm³/mol. The number of halogens is 3. The summed E-state index contributed by atoms with van der Waals surface area (Å²) < 4.78 is 68.6. The van der Waals surface area contributed by atoms with Crippen LogP contribution in [0.5, 0.6) is 0 Å². The topological polar surface area (TPSA) is 93.3 Å². The fourth-order valence-corrected chi connectivity index (χ4v) is 5.28. The molecular weight excluding hydrogens is 449 g/mol. The molecule has 1 unspecified atom stereocenters. The molecule has 3 heterocycles. The summed E-state index contributed by atoms with van der Waals surface area (Å²) in [6.07, 6.45) is -3.04. The molecule has 1 aliphatic rings. The molecule has 0 radical (unpaired) electrons. The quantitative estimate of drug-likeness (QED) is 0.635. The fourth-order valence-electron chi connectivity index (χ4n) is 3.69. The van der Waals surface area contributed by atoms with Gasteiger partial charge in [-0.25, -0.2) is 8.42 Å². The Hall–Kier alpha value is -2.41. The van der Waals surface area contributed by atoms with E-state index in [0.29, 0.717) is 17.9 Å². The normalized spacial score (nSPS) is 17.0. The van der Waals surface area contributed by atoms with Crippen LogP contribution in [-0.4, -0.2) is 69.3 Å². The standard InChI is InChI=1S/C19H27F3N6O3S/c1-5-26-12-16(15(4)23-26)32(30,31)27-8-6-25(7-9-27)18(29)13(2)11-28-14(3)10-17(24-28)19(20,21)22/h10,12-13H,5-9,11H2,1-4H3. The Kier molecular flexibility index (Phi) is 6.70. The number of aromatic nitrogens is 4. The Morgan fingerprint density at radius 2 is 1.78 bits per heavy atom. The van der Waals surface area contributed by atoms with E-state index in [1.807, 2.05) is 6.92 Å². The SMILES string of the molecule is CCn1cc(S(=O)(=O)N2CCN(C(=O)C(C)Cn3nc(C(F)(F)F)cc3C)CC2)c(C)n1. The maximum atomic E-state index is 13.0. The molecule has 0 bridgehead atoms. The number of aryl methyl sites for hydroxylation is 3. The van der Waals surface area contributed by atoms with Gasteiger partial charge in [0.25, 0.3) is 0 Å². The van der Waals surface area contributed by atoms with E-state index in [1.54, 1.807) is 23.4 Å². The highest BCUT2D eigenvalue weighted by Gasteiger charge is 2.36. The van der Waals surface area contributed by atoms with Crippen molar-refractivity contribution in [2.75, 3.05) is 26.2 Å². The number of hydrogen-bond acceptors (Lipinski definition) is 5.